The van der Waals surface area contributed by atoms with E-state index in [2.05, 4.69) is 10.2 Å². The van der Waals surface area contributed by atoms with Gasteiger partial charge in [-0.3, -0.25) is 4.79 Å². The van der Waals surface area contributed by atoms with E-state index in [-0.39, 0.29) is 5.91 Å². The lowest BCUT2D eigenvalue weighted by Gasteiger charge is -2.30. The van der Waals surface area contributed by atoms with Crippen molar-refractivity contribution in [2.24, 2.45) is 0 Å². The highest BCUT2D eigenvalue weighted by molar-refractivity contribution is 6.08. The Morgan fingerprint density at radius 1 is 1.08 bits per heavy atom. The van der Waals surface area contributed by atoms with Crippen molar-refractivity contribution in [2.75, 3.05) is 36.5 Å². The minimum atomic E-state index is -4.40. The Morgan fingerprint density at radius 2 is 1.73 bits per heavy atom. The number of anilines is 2. The summed E-state index contributed by atoms with van der Waals surface area (Å²) in [7, 11) is 0. The first kappa shape index (κ1) is 18.3. The van der Waals surface area contributed by atoms with Gasteiger partial charge in [0.25, 0.3) is 5.91 Å². The smallest absolute Gasteiger partial charge is 0.378 e. The number of nitrogens with zero attached hydrogens (tertiary/aromatic N) is 1. The summed E-state index contributed by atoms with van der Waals surface area (Å²) in [5.41, 5.74) is 1.78. The molecule has 1 fully saturated rings. The van der Waals surface area contributed by atoms with Crippen molar-refractivity contribution >= 4 is 17.3 Å². The van der Waals surface area contributed by atoms with E-state index in [4.69, 9.17) is 4.74 Å². The second kappa shape index (κ2) is 7.37. The van der Waals surface area contributed by atoms with Gasteiger partial charge in [-0.2, -0.15) is 13.2 Å². The van der Waals surface area contributed by atoms with Gasteiger partial charge in [-0.1, -0.05) is 11.6 Å². The van der Waals surface area contributed by atoms with E-state index in [1.54, 1.807) is 6.07 Å². The number of ether oxygens (including phenoxy) is 1. The first-order valence-corrected chi connectivity index (χ1v) is 8.26. The van der Waals surface area contributed by atoms with E-state index >= 15 is 0 Å². The van der Waals surface area contributed by atoms with Gasteiger partial charge in [0.15, 0.2) is 0 Å². The summed E-state index contributed by atoms with van der Waals surface area (Å²) >= 11 is 0. The minimum absolute atomic E-state index is 0.317. The molecule has 1 N–H and O–H groups in total. The number of hydrogen-bond acceptors (Lipinski definition) is 3. The third-order valence-electron chi connectivity index (χ3n) is 4.22. The number of benzene rings is 2. The van der Waals surface area contributed by atoms with Crippen LogP contribution in [0.5, 0.6) is 0 Å². The molecule has 0 spiro atoms. The molecule has 26 heavy (non-hydrogen) atoms. The summed E-state index contributed by atoms with van der Waals surface area (Å²) in [5, 5.41) is 2.68. The van der Waals surface area contributed by atoms with Crippen LogP contribution in [0.4, 0.5) is 24.5 Å². The van der Waals surface area contributed by atoms with Gasteiger partial charge in [-0.05, 0) is 43.3 Å². The summed E-state index contributed by atoms with van der Waals surface area (Å²) in [6, 6.07) is 10.0. The van der Waals surface area contributed by atoms with Gasteiger partial charge in [-0.15, -0.1) is 0 Å². The fourth-order valence-electron chi connectivity index (χ4n) is 2.85. The maximum absolute atomic E-state index is 12.7. The molecular formula is C19H19F3N2O2. The molecule has 1 aliphatic heterocycles. The van der Waals surface area contributed by atoms with E-state index in [0.717, 1.165) is 23.4 Å². The van der Waals surface area contributed by atoms with Gasteiger partial charge < -0.3 is 15.0 Å². The summed E-state index contributed by atoms with van der Waals surface area (Å²) in [4.78, 5) is 14.8. The quantitative estimate of drug-likeness (QED) is 0.892. The van der Waals surface area contributed by atoms with Crippen LogP contribution < -0.4 is 10.2 Å². The predicted molar refractivity (Wildman–Crippen MR) is 93.6 cm³/mol. The Kier molecular flexibility index (Phi) is 5.18. The SMILES string of the molecule is Cc1ccc(N2CCOCC2)c(C(=O)Nc2ccc(C(F)(F)F)cc2)c1. The van der Waals surface area contributed by atoms with Gasteiger partial charge in [-0.25, -0.2) is 0 Å². The lowest BCUT2D eigenvalue weighted by molar-refractivity contribution is -0.137. The van der Waals surface area contributed by atoms with Crippen LogP contribution >= 0.6 is 0 Å². The summed E-state index contributed by atoms with van der Waals surface area (Å²) < 4.78 is 43.3. The van der Waals surface area contributed by atoms with Crippen LogP contribution in [0.1, 0.15) is 21.5 Å². The van der Waals surface area contributed by atoms with E-state index < -0.39 is 11.7 Å². The predicted octanol–water partition coefficient (Wildman–Crippen LogP) is 4.10. The maximum atomic E-state index is 12.7. The molecule has 0 aromatic heterocycles. The maximum Gasteiger partial charge on any atom is 0.416 e. The van der Waals surface area contributed by atoms with Gasteiger partial charge in [0, 0.05) is 24.5 Å². The fourth-order valence-corrected chi connectivity index (χ4v) is 2.85. The Labute approximate surface area is 149 Å². The molecule has 138 valence electrons. The Hall–Kier alpha value is -2.54. The molecule has 1 aliphatic rings. The number of aryl methyl sites for hydroxylation is 1. The van der Waals surface area contributed by atoms with Crippen LogP contribution in [-0.4, -0.2) is 32.2 Å². The van der Waals surface area contributed by atoms with Crippen molar-refractivity contribution in [1.82, 2.24) is 0 Å². The first-order chi connectivity index (χ1) is 12.3. The van der Waals surface area contributed by atoms with Gasteiger partial charge in [0.2, 0.25) is 0 Å². The average molecular weight is 364 g/mol. The van der Waals surface area contributed by atoms with Gasteiger partial charge >= 0.3 is 6.18 Å². The van der Waals surface area contributed by atoms with Crippen LogP contribution in [0.25, 0.3) is 0 Å². The largest absolute Gasteiger partial charge is 0.416 e. The molecule has 0 aliphatic carbocycles. The average Bonchev–Trinajstić information content (AvgIpc) is 2.62. The lowest BCUT2D eigenvalue weighted by Crippen LogP contribution is -2.37. The van der Waals surface area contributed by atoms with Crippen LogP contribution in [0, 0.1) is 6.92 Å². The molecular weight excluding hydrogens is 345 g/mol. The number of carbonyl (C=O) groups is 1. The van der Waals surface area contributed by atoms with Crippen molar-refractivity contribution in [3.05, 3.63) is 59.2 Å². The van der Waals surface area contributed by atoms with Crippen molar-refractivity contribution in [1.29, 1.82) is 0 Å². The molecule has 7 heteroatoms. The zero-order valence-electron chi connectivity index (χ0n) is 14.3. The zero-order valence-corrected chi connectivity index (χ0v) is 14.3. The minimum Gasteiger partial charge on any atom is -0.378 e. The fraction of sp³-hybridized carbons (Fsp3) is 0.316. The summed E-state index contributed by atoms with van der Waals surface area (Å²) in [6.07, 6.45) is -4.40. The number of halogens is 3. The molecule has 0 atom stereocenters. The molecule has 1 amide bonds. The highest BCUT2D eigenvalue weighted by atomic mass is 19.4. The van der Waals surface area contributed by atoms with Crippen LogP contribution in [0.2, 0.25) is 0 Å². The number of rotatable bonds is 3. The lowest BCUT2D eigenvalue weighted by atomic mass is 10.1. The molecule has 0 unspecified atom stereocenters. The first-order valence-electron chi connectivity index (χ1n) is 8.26. The number of morpholine rings is 1. The van der Waals surface area contributed by atoms with E-state index in [0.29, 0.717) is 37.6 Å². The number of amides is 1. The third kappa shape index (κ3) is 4.16. The Morgan fingerprint density at radius 3 is 2.35 bits per heavy atom. The van der Waals surface area contributed by atoms with Crippen molar-refractivity contribution < 1.29 is 22.7 Å². The van der Waals surface area contributed by atoms with Crippen LogP contribution in [0.3, 0.4) is 0 Å². The normalized spacial score (nSPS) is 15.0. The standard InChI is InChI=1S/C19H19F3N2O2/c1-13-2-7-17(24-8-10-26-11-9-24)16(12-13)18(25)23-15-5-3-14(4-6-15)19(20,21)22/h2-7,12H,8-11H2,1H3,(H,23,25). The Balaban J connectivity index is 1.82. The van der Waals surface area contributed by atoms with E-state index in [1.165, 1.54) is 12.1 Å². The summed E-state index contributed by atoms with van der Waals surface area (Å²) in [5.74, 6) is -0.352. The topological polar surface area (TPSA) is 41.6 Å². The second-order valence-electron chi connectivity index (χ2n) is 6.15. The van der Waals surface area contributed by atoms with Crippen LogP contribution in [0.15, 0.2) is 42.5 Å². The second-order valence-corrected chi connectivity index (χ2v) is 6.15. The molecule has 2 aromatic rings. The van der Waals surface area contributed by atoms with E-state index in [1.807, 2.05) is 19.1 Å². The van der Waals surface area contributed by atoms with Gasteiger partial charge in [0.1, 0.15) is 0 Å². The molecule has 3 rings (SSSR count). The molecule has 0 radical (unpaired) electrons. The highest BCUT2D eigenvalue weighted by Crippen LogP contribution is 2.30. The number of carbonyl (C=O) groups excluding carboxylic acids is 1. The zero-order chi connectivity index (χ0) is 18.7. The van der Waals surface area contributed by atoms with Crippen LogP contribution in [-0.2, 0) is 10.9 Å². The molecule has 1 saturated heterocycles. The molecule has 4 nitrogen and oxygen atoms in total. The molecule has 0 bridgehead atoms. The van der Waals surface area contributed by atoms with E-state index in [9.17, 15) is 18.0 Å². The number of alkyl halides is 3. The molecule has 2 aromatic carbocycles. The van der Waals surface area contributed by atoms with Crippen molar-refractivity contribution in [3.8, 4) is 0 Å². The third-order valence-corrected chi connectivity index (χ3v) is 4.22. The van der Waals surface area contributed by atoms with Crippen molar-refractivity contribution in [2.45, 2.75) is 13.1 Å². The highest BCUT2D eigenvalue weighted by Gasteiger charge is 2.30. The van der Waals surface area contributed by atoms with Gasteiger partial charge in [0.05, 0.1) is 24.3 Å². The number of nitrogens with one attached hydrogen (secondary N) is 1. The molecule has 0 saturated carbocycles. The Bertz CT molecular complexity index is 782. The monoisotopic (exact) mass is 364 g/mol. The van der Waals surface area contributed by atoms with Crippen molar-refractivity contribution in [3.63, 3.8) is 0 Å². The summed E-state index contributed by atoms with van der Waals surface area (Å²) in [6.45, 7) is 4.44. The number of hydrogen-bond donors (Lipinski definition) is 1. The molecule has 1 heterocycles.